The third kappa shape index (κ3) is 6.79. The van der Waals surface area contributed by atoms with Crippen LogP contribution in [0.15, 0.2) is 66.4 Å². The van der Waals surface area contributed by atoms with Crippen molar-refractivity contribution in [2.45, 2.75) is 51.8 Å². The van der Waals surface area contributed by atoms with Crippen molar-refractivity contribution < 1.29 is 23.9 Å². The molecule has 0 aliphatic carbocycles. The smallest absolute Gasteiger partial charge is 0.316 e. The number of nitrogens with zero attached hydrogens (tertiary/aromatic N) is 1. The molecule has 0 radical (unpaired) electrons. The Morgan fingerprint density at radius 3 is 2.20 bits per heavy atom. The molecular formula is C27H31N3O5. The summed E-state index contributed by atoms with van der Waals surface area (Å²) in [6.45, 7) is 6.88. The lowest BCUT2D eigenvalue weighted by molar-refractivity contribution is -0.155. The molecule has 1 unspecified atom stereocenters. The van der Waals surface area contributed by atoms with Gasteiger partial charge in [0.25, 0.3) is 5.91 Å². The van der Waals surface area contributed by atoms with Crippen molar-refractivity contribution in [3.8, 4) is 11.1 Å². The highest BCUT2D eigenvalue weighted by Crippen LogP contribution is 2.24. The minimum absolute atomic E-state index is 0.124. The number of nitrogens with one attached hydrogen (secondary N) is 2. The molecule has 0 fully saturated rings. The molecule has 2 aromatic rings. The maximum absolute atomic E-state index is 12.8. The van der Waals surface area contributed by atoms with Crippen molar-refractivity contribution in [2.75, 3.05) is 7.05 Å². The van der Waals surface area contributed by atoms with Crippen molar-refractivity contribution >= 4 is 23.7 Å². The summed E-state index contributed by atoms with van der Waals surface area (Å²) in [4.78, 5) is 51.5. The van der Waals surface area contributed by atoms with E-state index in [1.807, 2.05) is 54.6 Å². The second-order valence-electron chi connectivity index (χ2n) is 9.51. The molecule has 1 aliphatic rings. The minimum atomic E-state index is -1.33. The van der Waals surface area contributed by atoms with Crippen LogP contribution < -0.4 is 10.6 Å². The maximum Gasteiger partial charge on any atom is 0.316 e. The van der Waals surface area contributed by atoms with Gasteiger partial charge in [-0.25, -0.2) is 4.79 Å². The minimum Gasteiger partial charge on any atom is -0.460 e. The van der Waals surface area contributed by atoms with Crippen molar-refractivity contribution in [1.29, 1.82) is 0 Å². The lowest BCUT2D eigenvalue weighted by Gasteiger charge is -2.28. The molecule has 0 saturated heterocycles. The summed E-state index contributed by atoms with van der Waals surface area (Å²) in [6.07, 6.45) is 1.31. The normalized spacial score (nSPS) is 16.9. The molecular weight excluding hydrogens is 446 g/mol. The lowest BCUT2D eigenvalue weighted by atomic mass is 9.99. The first-order chi connectivity index (χ1) is 16.4. The highest BCUT2D eigenvalue weighted by Gasteiger charge is 2.35. The van der Waals surface area contributed by atoms with Gasteiger partial charge in [-0.2, -0.15) is 0 Å². The molecule has 0 saturated carbocycles. The predicted molar refractivity (Wildman–Crippen MR) is 132 cm³/mol. The van der Waals surface area contributed by atoms with Crippen molar-refractivity contribution in [2.24, 2.45) is 0 Å². The Kier molecular flexibility index (Phi) is 7.74. The van der Waals surface area contributed by atoms with E-state index in [0.717, 1.165) is 11.1 Å². The Morgan fingerprint density at radius 2 is 1.60 bits per heavy atom. The number of urea groups is 1. The van der Waals surface area contributed by atoms with Gasteiger partial charge in [0.05, 0.1) is 12.5 Å². The first kappa shape index (κ1) is 25.7. The van der Waals surface area contributed by atoms with E-state index in [4.69, 9.17) is 4.74 Å². The second-order valence-corrected chi connectivity index (χ2v) is 9.51. The van der Waals surface area contributed by atoms with E-state index >= 15 is 0 Å². The van der Waals surface area contributed by atoms with Gasteiger partial charge in [-0.05, 0) is 44.4 Å². The Bertz CT molecular complexity index is 1130. The summed E-state index contributed by atoms with van der Waals surface area (Å²) in [5, 5.41) is 5.19. The summed E-state index contributed by atoms with van der Waals surface area (Å²) >= 11 is 0. The van der Waals surface area contributed by atoms with Crippen LogP contribution in [-0.2, 0) is 19.1 Å². The zero-order valence-electron chi connectivity index (χ0n) is 20.6. The molecule has 8 nitrogen and oxygen atoms in total. The average molecular weight is 478 g/mol. The summed E-state index contributed by atoms with van der Waals surface area (Å²) in [5.41, 5.74) is 2.38. The Balaban J connectivity index is 1.80. The molecule has 0 spiro atoms. The van der Waals surface area contributed by atoms with E-state index in [-0.39, 0.29) is 6.42 Å². The van der Waals surface area contributed by atoms with E-state index in [2.05, 4.69) is 10.6 Å². The van der Waals surface area contributed by atoms with Gasteiger partial charge in [0.15, 0.2) is 11.8 Å². The first-order valence-electron chi connectivity index (χ1n) is 11.4. The number of hydrogen-bond donors (Lipinski definition) is 2. The van der Waals surface area contributed by atoms with Gasteiger partial charge in [0.1, 0.15) is 5.60 Å². The number of carbonyl (C=O) groups excluding carboxylic acids is 4. The number of rotatable bonds is 6. The van der Waals surface area contributed by atoms with Crippen LogP contribution in [0.2, 0.25) is 0 Å². The highest BCUT2D eigenvalue weighted by molar-refractivity contribution is 6.16. The standard InChI is InChI=1S/C27H31N3O5/c1-17-16-30(5)25(33)23(24(17)32)29-26(34)28-21(15-22(31)35-27(2,3)4)20-13-11-19(12-14-20)18-9-7-6-8-10-18/h6-14,16,21,23H,15H2,1-5H3,(H2,28,29,34)/t21-,23?/m0/s1. The van der Waals surface area contributed by atoms with Crippen molar-refractivity contribution in [3.63, 3.8) is 0 Å². The van der Waals surface area contributed by atoms with Crippen LogP contribution >= 0.6 is 0 Å². The van der Waals surface area contributed by atoms with Crippen LogP contribution in [0, 0.1) is 0 Å². The van der Waals surface area contributed by atoms with Gasteiger partial charge in [-0.3, -0.25) is 14.4 Å². The number of ketones is 1. The highest BCUT2D eigenvalue weighted by atomic mass is 16.6. The van der Waals surface area contributed by atoms with Gasteiger partial charge in [0, 0.05) is 18.8 Å². The number of hydrogen-bond acceptors (Lipinski definition) is 5. The van der Waals surface area contributed by atoms with E-state index in [9.17, 15) is 19.2 Å². The summed E-state index contributed by atoms with van der Waals surface area (Å²) in [7, 11) is 1.52. The van der Waals surface area contributed by atoms with Gasteiger partial charge in [-0.15, -0.1) is 0 Å². The largest absolute Gasteiger partial charge is 0.460 e. The van der Waals surface area contributed by atoms with Crippen LogP contribution in [0.5, 0.6) is 0 Å². The van der Waals surface area contributed by atoms with Crippen LogP contribution in [0.1, 0.15) is 45.7 Å². The number of carbonyl (C=O) groups is 4. The molecule has 1 heterocycles. The molecule has 2 atom stereocenters. The topological polar surface area (TPSA) is 105 Å². The van der Waals surface area contributed by atoms with E-state index in [0.29, 0.717) is 11.1 Å². The zero-order chi connectivity index (χ0) is 25.8. The lowest BCUT2D eigenvalue weighted by Crippen LogP contribution is -2.56. The molecule has 3 rings (SSSR count). The molecule has 184 valence electrons. The first-order valence-corrected chi connectivity index (χ1v) is 11.4. The third-order valence-electron chi connectivity index (χ3n) is 5.42. The number of benzene rings is 2. The van der Waals surface area contributed by atoms with E-state index in [1.165, 1.54) is 18.1 Å². The molecule has 3 amide bonds. The molecule has 2 aromatic carbocycles. The fraction of sp³-hybridized carbons (Fsp3) is 0.333. The maximum atomic E-state index is 12.8. The number of esters is 1. The molecule has 1 aliphatic heterocycles. The predicted octanol–water partition coefficient (Wildman–Crippen LogP) is 3.74. The summed E-state index contributed by atoms with van der Waals surface area (Å²) in [6, 6.07) is 14.5. The van der Waals surface area contributed by atoms with Crippen LogP contribution in [0.3, 0.4) is 0 Å². The molecule has 35 heavy (non-hydrogen) atoms. The second kappa shape index (κ2) is 10.5. The monoisotopic (exact) mass is 477 g/mol. The van der Waals surface area contributed by atoms with Gasteiger partial charge >= 0.3 is 12.0 Å². The fourth-order valence-corrected chi connectivity index (χ4v) is 3.76. The SMILES string of the molecule is CC1=CN(C)C(=O)C(NC(=O)N[C@@H](CC(=O)OC(C)(C)C)c2ccc(-c3ccccc3)cc2)C1=O. The van der Waals surface area contributed by atoms with E-state index < -0.39 is 41.4 Å². The molecule has 2 N–H and O–H groups in total. The number of ether oxygens (including phenoxy) is 1. The van der Waals surface area contributed by atoms with E-state index in [1.54, 1.807) is 27.7 Å². The summed E-state index contributed by atoms with van der Waals surface area (Å²) < 4.78 is 5.44. The van der Waals surface area contributed by atoms with Crippen LogP contribution in [0.4, 0.5) is 4.79 Å². The third-order valence-corrected chi connectivity index (χ3v) is 5.42. The van der Waals surface area contributed by atoms with Gasteiger partial charge in [0.2, 0.25) is 0 Å². The number of Topliss-reactive ketones (excluding diaryl/α,β-unsaturated/α-hetero) is 1. The summed E-state index contributed by atoms with van der Waals surface area (Å²) in [5.74, 6) is -1.50. The number of likely N-dealkylation sites (N-methyl/N-ethyl adjacent to an activating group) is 1. The fourth-order valence-electron chi connectivity index (χ4n) is 3.76. The molecule has 8 heteroatoms. The quantitative estimate of drug-likeness (QED) is 0.487. The Labute approximate surface area is 205 Å². The van der Waals surface area contributed by atoms with Gasteiger partial charge < -0.3 is 20.3 Å². The average Bonchev–Trinajstić information content (AvgIpc) is 2.79. The van der Waals surface area contributed by atoms with Crippen LogP contribution in [-0.4, -0.2) is 47.3 Å². The Morgan fingerprint density at radius 1 is 1.00 bits per heavy atom. The van der Waals surface area contributed by atoms with Crippen LogP contribution in [0.25, 0.3) is 11.1 Å². The van der Waals surface area contributed by atoms with Crippen molar-refractivity contribution in [3.05, 3.63) is 71.9 Å². The molecule has 0 bridgehead atoms. The van der Waals surface area contributed by atoms with Crippen molar-refractivity contribution in [1.82, 2.24) is 15.5 Å². The van der Waals surface area contributed by atoms with Gasteiger partial charge in [-0.1, -0.05) is 54.6 Å². The number of amides is 3. The Hall–Kier alpha value is -3.94. The zero-order valence-corrected chi connectivity index (χ0v) is 20.6. The molecule has 0 aromatic heterocycles.